The van der Waals surface area contributed by atoms with Gasteiger partial charge in [-0.3, -0.25) is 4.98 Å². The third-order valence-corrected chi connectivity index (χ3v) is 4.56. The van der Waals surface area contributed by atoms with Crippen molar-refractivity contribution in [2.45, 2.75) is 32.7 Å². The van der Waals surface area contributed by atoms with E-state index in [0.717, 1.165) is 31.7 Å². The summed E-state index contributed by atoms with van der Waals surface area (Å²) in [5, 5.41) is 3.48. The van der Waals surface area contributed by atoms with E-state index in [4.69, 9.17) is 0 Å². The Morgan fingerprint density at radius 2 is 1.96 bits per heavy atom. The molecular weight excluding hydrogens is 355 g/mol. The fourth-order valence-corrected chi connectivity index (χ4v) is 3.47. The molecule has 1 aliphatic rings. The standard InChI is InChI=1S/C20H24F3N3O/c1-14(2)11-16-13-26(10-9-25-16)17-3-4-18(15-5-7-24-8-6-15)19(12-17)27-20(21,22)23/h3-8,12,14,16,25H,9-11,13H2,1-2H3. The fraction of sp³-hybridized carbons (Fsp3) is 0.450. The van der Waals surface area contributed by atoms with Gasteiger partial charge in [-0.25, -0.2) is 0 Å². The molecule has 4 nitrogen and oxygen atoms in total. The molecule has 0 saturated carbocycles. The molecule has 0 amide bonds. The van der Waals surface area contributed by atoms with Gasteiger partial charge in [0.1, 0.15) is 5.75 Å². The molecule has 146 valence electrons. The average Bonchev–Trinajstić information content (AvgIpc) is 2.61. The second-order valence-electron chi connectivity index (χ2n) is 7.19. The minimum Gasteiger partial charge on any atom is -0.405 e. The van der Waals surface area contributed by atoms with Crippen LogP contribution in [0.3, 0.4) is 0 Å². The van der Waals surface area contributed by atoms with Crippen molar-refractivity contribution in [3.05, 3.63) is 42.7 Å². The lowest BCUT2D eigenvalue weighted by Crippen LogP contribution is -2.51. The Bertz CT molecular complexity index is 750. The molecule has 1 fully saturated rings. The first-order valence-electron chi connectivity index (χ1n) is 9.10. The van der Waals surface area contributed by atoms with E-state index in [1.54, 1.807) is 30.6 Å². The van der Waals surface area contributed by atoms with Crippen LogP contribution in [0.25, 0.3) is 11.1 Å². The number of nitrogens with zero attached hydrogens (tertiary/aromatic N) is 2. The largest absolute Gasteiger partial charge is 0.573 e. The molecule has 2 aromatic rings. The summed E-state index contributed by atoms with van der Waals surface area (Å²) in [6, 6.07) is 8.69. The third-order valence-electron chi connectivity index (χ3n) is 4.56. The molecule has 1 aliphatic heterocycles. The summed E-state index contributed by atoms with van der Waals surface area (Å²) in [4.78, 5) is 6.03. The van der Waals surface area contributed by atoms with Gasteiger partial charge in [-0.2, -0.15) is 0 Å². The van der Waals surface area contributed by atoms with Gasteiger partial charge >= 0.3 is 6.36 Å². The number of ether oxygens (including phenoxy) is 1. The number of benzene rings is 1. The van der Waals surface area contributed by atoms with Crippen LogP contribution < -0.4 is 15.0 Å². The van der Waals surface area contributed by atoms with E-state index in [9.17, 15) is 13.2 Å². The Morgan fingerprint density at radius 3 is 2.63 bits per heavy atom. The number of anilines is 1. The summed E-state index contributed by atoms with van der Waals surface area (Å²) in [5.74, 6) is 0.366. The van der Waals surface area contributed by atoms with Gasteiger partial charge in [0, 0.05) is 55.4 Å². The number of piperazine rings is 1. The summed E-state index contributed by atoms with van der Waals surface area (Å²) < 4.78 is 43.2. The molecule has 1 aromatic heterocycles. The molecule has 0 radical (unpaired) electrons. The highest BCUT2D eigenvalue weighted by Crippen LogP contribution is 2.37. The molecule has 1 atom stereocenters. The van der Waals surface area contributed by atoms with Crippen molar-refractivity contribution in [2.24, 2.45) is 5.92 Å². The molecule has 3 rings (SSSR count). The van der Waals surface area contributed by atoms with Gasteiger partial charge in [0.25, 0.3) is 0 Å². The molecule has 1 N–H and O–H groups in total. The zero-order valence-electron chi connectivity index (χ0n) is 15.5. The quantitative estimate of drug-likeness (QED) is 0.832. The monoisotopic (exact) mass is 379 g/mol. The van der Waals surface area contributed by atoms with Crippen LogP contribution in [0.1, 0.15) is 20.3 Å². The lowest BCUT2D eigenvalue weighted by Gasteiger charge is -2.36. The van der Waals surface area contributed by atoms with Crippen molar-refractivity contribution in [1.82, 2.24) is 10.3 Å². The maximum absolute atomic E-state index is 13.0. The van der Waals surface area contributed by atoms with E-state index >= 15 is 0 Å². The number of aromatic nitrogens is 1. The van der Waals surface area contributed by atoms with Crippen molar-refractivity contribution >= 4 is 5.69 Å². The predicted molar refractivity (Wildman–Crippen MR) is 99.8 cm³/mol. The van der Waals surface area contributed by atoms with Gasteiger partial charge < -0.3 is 15.0 Å². The SMILES string of the molecule is CC(C)CC1CN(c2ccc(-c3ccncc3)c(OC(F)(F)F)c2)CCN1. The highest BCUT2D eigenvalue weighted by molar-refractivity contribution is 5.73. The van der Waals surface area contributed by atoms with E-state index in [-0.39, 0.29) is 5.75 Å². The molecule has 27 heavy (non-hydrogen) atoms. The molecule has 1 aromatic carbocycles. The Labute approximate surface area is 157 Å². The normalized spacial score (nSPS) is 18.0. The number of hydrogen-bond acceptors (Lipinski definition) is 4. The Hall–Kier alpha value is -2.28. The van der Waals surface area contributed by atoms with Gasteiger partial charge in [0.15, 0.2) is 0 Å². The van der Waals surface area contributed by atoms with Gasteiger partial charge in [-0.1, -0.05) is 13.8 Å². The van der Waals surface area contributed by atoms with Crippen LogP contribution in [0, 0.1) is 5.92 Å². The third kappa shape index (κ3) is 5.35. The smallest absolute Gasteiger partial charge is 0.405 e. The van der Waals surface area contributed by atoms with Crippen LogP contribution in [0.2, 0.25) is 0 Å². The molecule has 7 heteroatoms. The lowest BCUT2D eigenvalue weighted by molar-refractivity contribution is -0.274. The first-order chi connectivity index (χ1) is 12.8. The molecule has 1 saturated heterocycles. The number of pyridine rings is 1. The van der Waals surface area contributed by atoms with Crippen LogP contribution in [0.15, 0.2) is 42.7 Å². The van der Waals surface area contributed by atoms with Crippen LogP contribution in [0.4, 0.5) is 18.9 Å². The van der Waals surface area contributed by atoms with Gasteiger partial charge in [-0.05, 0) is 42.2 Å². The minimum atomic E-state index is -4.75. The van der Waals surface area contributed by atoms with Crippen LogP contribution in [0.5, 0.6) is 5.75 Å². The van der Waals surface area contributed by atoms with Gasteiger partial charge in [-0.15, -0.1) is 13.2 Å². The van der Waals surface area contributed by atoms with E-state index in [1.807, 2.05) is 6.07 Å². The predicted octanol–water partition coefficient (Wildman–Crippen LogP) is 4.47. The second kappa shape index (κ2) is 8.17. The highest BCUT2D eigenvalue weighted by Gasteiger charge is 2.33. The summed E-state index contributed by atoms with van der Waals surface area (Å²) >= 11 is 0. The maximum Gasteiger partial charge on any atom is 0.573 e. The first-order valence-corrected chi connectivity index (χ1v) is 9.10. The Balaban J connectivity index is 1.90. The van der Waals surface area contributed by atoms with Crippen molar-refractivity contribution < 1.29 is 17.9 Å². The summed E-state index contributed by atoms with van der Waals surface area (Å²) in [6.45, 7) is 6.64. The fourth-order valence-electron chi connectivity index (χ4n) is 3.47. The molecular formula is C20H24F3N3O. The van der Waals surface area contributed by atoms with Gasteiger partial charge in [0.05, 0.1) is 0 Å². The van der Waals surface area contributed by atoms with Crippen LogP contribution in [-0.4, -0.2) is 37.0 Å². The number of halogens is 3. The number of alkyl halides is 3. The van der Waals surface area contributed by atoms with Crippen LogP contribution >= 0.6 is 0 Å². The van der Waals surface area contributed by atoms with Crippen LogP contribution in [-0.2, 0) is 0 Å². The first kappa shape index (κ1) is 19.5. The highest BCUT2D eigenvalue weighted by atomic mass is 19.4. The van der Waals surface area contributed by atoms with Gasteiger partial charge in [0.2, 0.25) is 0 Å². The zero-order chi connectivity index (χ0) is 19.4. The van der Waals surface area contributed by atoms with Crippen molar-refractivity contribution in [3.8, 4) is 16.9 Å². The molecule has 1 unspecified atom stereocenters. The Kier molecular flexibility index (Phi) is 5.89. The van der Waals surface area contributed by atoms with Crippen molar-refractivity contribution in [1.29, 1.82) is 0 Å². The minimum absolute atomic E-state index is 0.190. The topological polar surface area (TPSA) is 37.4 Å². The molecule has 0 spiro atoms. The molecule has 2 heterocycles. The number of rotatable bonds is 5. The Morgan fingerprint density at radius 1 is 1.22 bits per heavy atom. The van der Waals surface area contributed by atoms with Crippen molar-refractivity contribution in [2.75, 3.05) is 24.5 Å². The van der Waals surface area contributed by atoms with E-state index in [0.29, 0.717) is 23.1 Å². The summed E-state index contributed by atoms with van der Waals surface area (Å²) in [7, 11) is 0. The van der Waals surface area contributed by atoms with E-state index in [2.05, 4.69) is 33.8 Å². The van der Waals surface area contributed by atoms with E-state index < -0.39 is 6.36 Å². The lowest BCUT2D eigenvalue weighted by atomic mass is 10.0. The number of hydrogen-bond donors (Lipinski definition) is 1. The van der Waals surface area contributed by atoms with E-state index in [1.165, 1.54) is 6.07 Å². The number of nitrogens with one attached hydrogen (secondary N) is 1. The summed E-state index contributed by atoms with van der Waals surface area (Å²) in [5.41, 5.74) is 1.77. The van der Waals surface area contributed by atoms with Crippen molar-refractivity contribution in [3.63, 3.8) is 0 Å². The zero-order valence-corrected chi connectivity index (χ0v) is 15.5. The molecule has 0 bridgehead atoms. The maximum atomic E-state index is 13.0. The molecule has 0 aliphatic carbocycles. The second-order valence-corrected chi connectivity index (χ2v) is 7.19. The summed E-state index contributed by atoms with van der Waals surface area (Å²) in [6.07, 6.45) is -0.623. The average molecular weight is 379 g/mol.